The molecule has 1 aromatic heterocycles. The highest BCUT2D eigenvalue weighted by atomic mass is 16.5. The van der Waals surface area contributed by atoms with Crippen LogP contribution in [-0.2, 0) is 16.1 Å². The van der Waals surface area contributed by atoms with E-state index in [2.05, 4.69) is 15.2 Å². The molecule has 0 unspecified atom stereocenters. The summed E-state index contributed by atoms with van der Waals surface area (Å²) in [5, 5.41) is 2.93. The minimum atomic E-state index is -0.528. The molecule has 154 valence electrons. The average Bonchev–Trinajstić information content (AvgIpc) is 3.44. The van der Waals surface area contributed by atoms with E-state index in [9.17, 15) is 9.59 Å². The Labute approximate surface area is 168 Å². The number of anilines is 2. The quantitative estimate of drug-likeness (QED) is 0.777. The van der Waals surface area contributed by atoms with E-state index in [4.69, 9.17) is 14.9 Å². The number of morpholine rings is 1. The van der Waals surface area contributed by atoms with Gasteiger partial charge in [0.05, 0.1) is 19.8 Å². The van der Waals surface area contributed by atoms with E-state index in [-0.39, 0.29) is 24.1 Å². The maximum atomic E-state index is 12.8. The fourth-order valence-corrected chi connectivity index (χ4v) is 3.74. The van der Waals surface area contributed by atoms with Gasteiger partial charge in [0.1, 0.15) is 12.3 Å². The molecule has 4 rings (SSSR count). The van der Waals surface area contributed by atoms with E-state index >= 15 is 0 Å². The van der Waals surface area contributed by atoms with Crippen LogP contribution in [0.2, 0.25) is 0 Å². The van der Waals surface area contributed by atoms with E-state index in [1.807, 2.05) is 24.3 Å². The lowest BCUT2D eigenvalue weighted by Gasteiger charge is -2.29. The number of carbonyl (C=O) groups excluding carboxylic acids is 2. The van der Waals surface area contributed by atoms with Gasteiger partial charge in [-0.05, 0) is 37.1 Å². The number of nitrogens with zero attached hydrogens (tertiary/aromatic N) is 3. The van der Waals surface area contributed by atoms with Crippen LogP contribution in [0.3, 0.4) is 0 Å². The number of benzene rings is 1. The molecule has 3 heterocycles. The number of rotatable bonds is 5. The molecule has 2 aliphatic heterocycles. The zero-order valence-electron chi connectivity index (χ0n) is 16.2. The van der Waals surface area contributed by atoms with Crippen LogP contribution in [0.25, 0.3) is 0 Å². The van der Waals surface area contributed by atoms with Gasteiger partial charge in [-0.25, -0.2) is 4.98 Å². The highest BCUT2D eigenvalue weighted by Gasteiger charge is 2.35. The van der Waals surface area contributed by atoms with E-state index in [1.54, 1.807) is 4.90 Å². The molecular formula is C20H25N5O4. The van der Waals surface area contributed by atoms with Gasteiger partial charge in [0.25, 0.3) is 5.91 Å². The first-order valence-electron chi connectivity index (χ1n) is 9.85. The summed E-state index contributed by atoms with van der Waals surface area (Å²) in [7, 11) is 0. The number of ether oxygens (including phenoxy) is 1. The Morgan fingerprint density at radius 2 is 1.93 bits per heavy atom. The molecule has 3 N–H and O–H groups in total. The van der Waals surface area contributed by atoms with Crippen LogP contribution in [-0.4, -0.2) is 60.6 Å². The SMILES string of the molecule is NCc1nc(C(=O)N2CCC[C@H]2C(=O)Nc2ccc(N3CCOCC3)cc2)co1. The molecule has 2 aliphatic rings. The van der Waals surface area contributed by atoms with Gasteiger partial charge in [-0.3, -0.25) is 9.59 Å². The fraction of sp³-hybridized carbons (Fsp3) is 0.450. The first kappa shape index (κ1) is 19.4. The van der Waals surface area contributed by atoms with Gasteiger partial charge in [0, 0.05) is 31.0 Å². The van der Waals surface area contributed by atoms with Crippen LogP contribution in [0.4, 0.5) is 11.4 Å². The molecule has 9 heteroatoms. The molecule has 0 saturated carbocycles. The summed E-state index contributed by atoms with van der Waals surface area (Å²) in [6.45, 7) is 3.80. The van der Waals surface area contributed by atoms with Gasteiger partial charge in [0.2, 0.25) is 11.8 Å². The second-order valence-corrected chi connectivity index (χ2v) is 7.12. The summed E-state index contributed by atoms with van der Waals surface area (Å²) >= 11 is 0. The Balaban J connectivity index is 1.39. The van der Waals surface area contributed by atoms with Crippen molar-refractivity contribution in [3.63, 3.8) is 0 Å². The number of amides is 2. The maximum Gasteiger partial charge on any atom is 0.276 e. The number of nitrogens with one attached hydrogen (secondary N) is 1. The molecule has 1 aromatic carbocycles. The first-order valence-corrected chi connectivity index (χ1v) is 9.85. The maximum absolute atomic E-state index is 12.8. The van der Waals surface area contributed by atoms with Crippen LogP contribution in [0, 0.1) is 0 Å². The second kappa shape index (κ2) is 8.62. The van der Waals surface area contributed by atoms with Crippen molar-refractivity contribution < 1.29 is 18.7 Å². The van der Waals surface area contributed by atoms with Crippen molar-refractivity contribution in [2.75, 3.05) is 43.1 Å². The molecule has 2 aromatic rings. The number of carbonyl (C=O) groups is 2. The summed E-state index contributed by atoms with van der Waals surface area (Å²) < 4.78 is 10.5. The number of hydrogen-bond acceptors (Lipinski definition) is 7. The Hall–Kier alpha value is -2.91. The topological polar surface area (TPSA) is 114 Å². The number of likely N-dealkylation sites (tertiary alicyclic amines) is 1. The first-order chi connectivity index (χ1) is 14.2. The molecule has 1 atom stereocenters. The Kier molecular flexibility index (Phi) is 5.77. The van der Waals surface area contributed by atoms with Gasteiger partial charge in [-0.2, -0.15) is 0 Å². The van der Waals surface area contributed by atoms with Crippen LogP contribution < -0.4 is 16.0 Å². The van der Waals surface area contributed by atoms with Gasteiger partial charge in [0.15, 0.2) is 5.69 Å². The molecule has 0 spiro atoms. The van der Waals surface area contributed by atoms with Crippen molar-refractivity contribution in [2.45, 2.75) is 25.4 Å². The van der Waals surface area contributed by atoms with Crippen molar-refractivity contribution in [1.82, 2.24) is 9.88 Å². The molecule has 9 nitrogen and oxygen atoms in total. The van der Waals surface area contributed by atoms with Gasteiger partial charge in [-0.15, -0.1) is 0 Å². The monoisotopic (exact) mass is 399 g/mol. The van der Waals surface area contributed by atoms with Crippen LogP contribution in [0.5, 0.6) is 0 Å². The lowest BCUT2D eigenvalue weighted by atomic mass is 10.2. The lowest BCUT2D eigenvalue weighted by Crippen LogP contribution is -2.43. The summed E-state index contributed by atoms with van der Waals surface area (Å²) in [6, 6.07) is 7.22. The summed E-state index contributed by atoms with van der Waals surface area (Å²) in [6.07, 6.45) is 2.68. The molecule has 0 bridgehead atoms. The minimum absolute atomic E-state index is 0.123. The molecule has 2 fully saturated rings. The van der Waals surface area contributed by atoms with Gasteiger partial charge < -0.3 is 30.0 Å². The molecule has 0 radical (unpaired) electrons. The fourth-order valence-electron chi connectivity index (χ4n) is 3.74. The zero-order chi connectivity index (χ0) is 20.2. The average molecular weight is 399 g/mol. The summed E-state index contributed by atoms with van der Waals surface area (Å²) in [5.41, 5.74) is 7.47. The summed E-state index contributed by atoms with van der Waals surface area (Å²) in [4.78, 5) is 33.4. The van der Waals surface area contributed by atoms with E-state index in [1.165, 1.54) is 6.26 Å². The number of oxazole rings is 1. The minimum Gasteiger partial charge on any atom is -0.447 e. The summed E-state index contributed by atoms with van der Waals surface area (Å²) in [5.74, 6) is -0.208. The third kappa shape index (κ3) is 4.25. The highest BCUT2D eigenvalue weighted by molar-refractivity contribution is 6.00. The Bertz CT molecular complexity index is 860. The molecular weight excluding hydrogens is 374 g/mol. The molecule has 0 aliphatic carbocycles. The number of aromatic nitrogens is 1. The van der Waals surface area contributed by atoms with Crippen LogP contribution in [0.1, 0.15) is 29.2 Å². The Morgan fingerprint density at radius 3 is 2.62 bits per heavy atom. The third-order valence-electron chi connectivity index (χ3n) is 5.27. The normalized spacial score (nSPS) is 19.4. The zero-order valence-corrected chi connectivity index (χ0v) is 16.2. The molecule has 2 saturated heterocycles. The van der Waals surface area contributed by atoms with E-state index in [0.717, 1.165) is 38.4 Å². The number of hydrogen-bond donors (Lipinski definition) is 2. The highest BCUT2D eigenvalue weighted by Crippen LogP contribution is 2.23. The van der Waals surface area contributed by atoms with Crippen LogP contribution >= 0.6 is 0 Å². The van der Waals surface area contributed by atoms with Crippen molar-refractivity contribution in [2.24, 2.45) is 5.73 Å². The molecule has 29 heavy (non-hydrogen) atoms. The van der Waals surface area contributed by atoms with Gasteiger partial charge in [-0.1, -0.05) is 0 Å². The van der Waals surface area contributed by atoms with Crippen molar-refractivity contribution >= 4 is 23.2 Å². The largest absolute Gasteiger partial charge is 0.447 e. The smallest absolute Gasteiger partial charge is 0.276 e. The standard InChI is InChI=1S/C20H25N5O4/c21-12-18-23-16(13-29-18)20(27)25-7-1-2-17(25)19(26)22-14-3-5-15(6-4-14)24-8-10-28-11-9-24/h3-6,13,17H,1-2,7-12,21H2,(H,22,26)/t17-/m0/s1. The number of nitrogens with two attached hydrogens (primary N) is 1. The second-order valence-electron chi connectivity index (χ2n) is 7.12. The molecule has 2 amide bonds. The predicted octanol–water partition coefficient (Wildman–Crippen LogP) is 1.21. The van der Waals surface area contributed by atoms with E-state index in [0.29, 0.717) is 24.5 Å². The van der Waals surface area contributed by atoms with Crippen molar-refractivity contribution in [3.8, 4) is 0 Å². The Morgan fingerprint density at radius 1 is 1.17 bits per heavy atom. The third-order valence-corrected chi connectivity index (χ3v) is 5.27. The van der Waals surface area contributed by atoms with E-state index < -0.39 is 6.04 Å². The van der Waals surface area contributed by atoms with Crippen molar-refractivity contribution in [1.29, 1.82) is 0 Å². The lowest BCUT2D eigenvalue weighted by molar-refractivity contribution is -0.119. The predicted molar refractivity (Wildman–Crippen MR) is 107 cm³/mol. The van der Waals surface area contributed by atoms with Crippen LogP contribution in [0.15, 0.2) is 34.9 Å². The van der Waals surface area contributed by atoms with Crippen molar-refractivity contribution in [3.05, 3.63) is 42.1 Å². The van der Waals surface area contributed by atoms with Gasteiger partial charge >= 0.3 is 0 Å².